The average Bonchev–Trinajstić information content (AvgIpc) is 2.04. The summed E-state index contributed by atoms with van der Waals surface area (Å²) in [6.45, 7) is 0. The Morgan fingerprint density at radius 3 is 3.45 bits per heavy atom. The summed E-state index contributed by atoms with van der Waals surface area (Å²) in [5, 5.41) is 0. The molecule has 0 bridgehead atoms. The third kappa shape index (κ3) is 1.24. The van der Waals surface area contributed by atoms with Crippen molar-refractivity contribution in [1.82, 2.24) is 4.72 Å². The van der Waals surface area contributed by atoms with Gasteiger partial charge >= 0.3 is 0 Å². The Kier molecular flexibility index (Phi) is 1.58. The largest absolute Gasteiger partial charge is 0.296 e. The van der Waals surface area contributed by atoms with Crippen molar-refractivity contribution in [1.29, 1.82) is 0 Å². The molecule has 0 aliphatic carbocycles. The van der Waals surface area contributed by atoms with Gasteiger partial charge in [-0.25, -0.2) is 0 Å². The molecule has 2 rings (SSSR count). The van der Waals surface area contributed by atoms with Crippen LogP contribution in [0.1, 0.15) is 5.56 Å². The quantitative estimate of drug-likeness (QED) is 0.583. The standard InChI is InChI=1S/C8H6NOS/c10-8-5-6-3-1-2-4-7(6)11-9-8/h2-4H,5H2,(H,9,10). The van der Waals surface area contributed by atoms with Crippen LogP contribution in [0.25, 0.3) is 0 Å². The van der Waals surface area contributed by atoms with E-state index in [2.05, 4.69) is 10.8 Å². The van der Waals surface area contributed by atoms with Crippen molar-refractivity contribution < 1.29 is 4.79 Å². The zero-order valence-corrected chi connectivity index (χ0v) is 6.57. The monoisotopic (exact) mass is 164 g/mol. The van der Waals surface area contributed by atoms with Crippen LogP contribution < -0.4 is 4.72 Å². The number of benzene rings is 1. The first-order valence-electron chi connectivity index (χ1n) is 3.31. The molecular weight excluding hydrogens is 158 g/mol. The second-order valence-corrected chi connectivity index (χ2v) is 3.19. The molecule has 11 heavy (non-hydrogen) atoms. The number of fused-ring (bicyclic) bond motifs is 1. The third-order valence-corrected chi connectivity index (χ3v) is 2.48. The van der Waals surface area contributed by atoms with Gasteiger partial charge in [0.05, 0.1) is 6.42 Å². The fourth-order valence-electron chi connectivity index (χ4n) is 1.01. The Morgan fingerprint density at radius 2 is 2.55 bits per heavy atom. The van der Waals surface area contributed by atoms with E-state index < -0.39 is 0 Å². The Labute approximate surface area is 69.1 Å². The van der Waals surface area contributed by atoms with Crippen LogP contribution in [0.2, 0.25) is 0 Å². The lowest BCUT2D eigenvalue weighted by Crippen LogP contribution is -2.22. The van der Waals surface area contributed by atoms with Gasteiger partial charge < -0.3 is 0 Å². The summed E-state index contributed by atoms with van der Waals surface area (Å²) >= 11 is 1.38. The lowest BCUT2D eigenvalue weighted by molar-refractivity contribution is -0.118. The minimum Gasteiger partial charge on any atom is -0.296 e. The summed E-state index contributed by atoms with van der Waals surface area (Å²) in [6.07, 6.45) is 0.486. The highest BCUT2D eigenvalue weighted by atomic mass is 32.2. The van der Waals surface area contributed by atoms with Gasteiger partial charge in [0.1, 0.15) is 0 Å². The second kappa shape index (κ2) is 2.58. The molecule has 1 aromatic rings. The summed E-state index contributed by atoms with van der Waals surface area (Å²) in [5.74, 6) is 0.0714. The Balaban J connectivity index is 2.41. The third-order valence-electron chi connectivity index (χ3n) is 1.53. The van der Waals surface area contributed by atoms with Gasteiger partial charge in [-0.05, 0) is 35.7 Å². The Bertz CT molecular complexity index is 298. The van der Waals surface area contributed by atoms with E-state index in [1.165, 1.54) is 11.9 Å². The summed E-state index contributed by atoms with van der Waals surface area (Å²) in [4.78, 5) is 12.0. The molecule has 3 heteroatoms. The zero-order chi connectivity index (χ0) is 7.68. The smallest absolute Gasteiger partial charge is 0.234 e. The van der Waals surface area contributed by atoms with Crippen LogP contribution in [0.15, 0.2) is 23.1 Å². The van der Waals surface area contributed by atoms with Crippen LogP contribution in [-0.2, 0) is 11.2 Å². The van der Waals surface area contributed by atoms with Crippen LogP contribution in [0.4, 0.5) is 0 Å². The topological polar surface area (TPSA) is 29.1 Å². The van der Waals surface area contributed by atoms with Gasteiger partial charge in [-0.2, -0.15) is 0 Å². The summed E-state index contributed by atoms with van der Waals surface area (Å²) in [6, 6.07) is 8.62. The van der Waals surface area contributed by atoms with Crippen molar-refractivity contribution in [3.63, 3.8) is 0 Å². The number of hydrogen-bond acceptors (Lipinski definition) is 2. The van der Waals surface area contributed by atoms with E-state index in [4.69, 9.17) is 0 Å². The van der Waals surface area contributed by atoms with Crippen LogP contribution >= 0.6 is 11.9 Å². The number of amides is 1. The predicted molar refractivity (Wildman–Crippen MR) is 43.0 cm³/mol. The van der Waals surface area contributed by atoms with Gasteiger partial charge in [-0.3, -0.25) is 9.52 Å². The molecule has 0 spiro atoms. The molecule has 0 unspecified atom stereocenters. The molecule has 1 aliphatic heterocycles. The van der Waals surface area contributed by atoms with Crippen molar-refractivity contribution in [2.45, 2.75) is 11.3 Å². The molecule has 1 radical (unpaired) electrons. The van der Waals surface area contributed by atoms with Crippen molar-refractivity contribution in [3.8, 4) is 0 Å². The van der Waals surface area contributed by atoms with E-state index in [0.29, 0.717) is 6.42 Å². The van der Waals surface area contributed by atoms with Crippen molar-refractivity contribution in [3.05, 3.63) is 29.8 Å². The molecule has 0 fully saturated rings. The maximum atomic E-state index is 10.9. The fourth-order valence-corrected chi connectivity index (χ4v) is 1.70. The van der Waals surface area contributed by atoms with E-state index in [1.54, 1.807) is 0 Å². The molecule has 0 saturated heterocycles. The second-order valence-electron chi connectivity index (χ2n) is 2.34. The van der Waals surface area contributed by atoms with Gasteiger partial charge in [0.2, 0.25) is 5.91 Å². The van der Waals surface area contributed by atoms with Gasteiger partial charge in [-0.15, -0.1) is 0 Å². The first kappa shape index (κ1) is 6.73. The highest BCUT2D eigenvalue weighted by molar-refractivity contribution is 7.98. The number of carbonyl (C=O) groups is 1. The number of hydrogen-bond donors (Lipinski definition) is 1. The van der Waals surface area contributed by atoms with E-state index in [-0.39, 0.29) is 5.91 Å². The maximum absolute atomic E-state index is 10.9. The molecule has 0 saturated carbocycles. The minimum absolute atomic E-state index is 0.0714. The molecule has 1 heterocycles. The SMILES string of the molecule is O=C1Cc2c[c]ccc2SN1. The first-order chi connectivity index (χ1) is 5.36. The van der Waals surface area contributed by atoms with Crippen LogP contribution in [0.5, 0.6) is 0 Å². The van der Waals surface area contributed by atoms with Crippen LogP contribution in [-0.4, -0.2) is 5.91 Å². The Morgan fingerprint density at radius 1 is 1.64 bits per heavy atom. The molecule has 1 aromatic carbocycles. The zero-order valence-electron chi connectivity index (χ0n) is 5.76. The van der Waals surface area contributed by atoms with E-state index in [0.717, 1.165) is 10.5 Å². The van der Waals surface area contributed by atoms with Crippen molar-refractivity contribution in [2.24, 2.45) is 0 Å². The average molecular weight is 164 g/mol. The number of nitrogens with one attached hydrogen (secondary N) is 1. The summed E-state index contributed by atoms with van der Waals surface area (Å²) in [5.41, 5.74) is 1.07. The molecule has 2 nitrogen and oxygen atoms in total. The van der Waals surface area contributed by atoms with Gasteiger partial charge in [0.25, 0.3) is 0 Å². The normalized spacial score (nSPS) is 15.5. The molecule has 0 aromatic heterocycles. The Hall–Kier alpha value is -0.960. The highest BCUT2D eigenvalue weighted by Gasteiger charge is 2.13. The molecule has 1 N–H and O–H groups in total. The first-order valence-corrected chi connectivity index (χ1v) is 4.12. The van der Waals surface area contributed by atoms with Crippen molar-refractivity contribution in [2.75, 3.05) is 0 Å². The van der Waals surface area contributed by atoms with Gasteiger partial charge in [0, 0.05) is 4.90 Å². The lowest BCUT2D eigenvalue weighted by Gasteiger charge is -2.13. The molecule has 55 valence electrons. The minimum atomic E-state index is 0.0714. The van der Waals surface area contributed by atoms with Crippen LogP contribution in [0.3, 0.4) is 0 Å². The number of carbonyl (C=O) groups excluding carboxylic acids is 1. The predicted octanol–water partition coefficient (Wildman–Crippen LogP) is 1.17. The van der Waals surface area contributed by atoms with Gasteiger partial charge in [-0.1, -0.05) is 6.07 Å². The highest BCUT2D eigenvalue weighted by Crippen LogP contribution is 2.23. The van der Waals surface area contributed by atoms with E-state index in [9.17, 15) is 4.79 Å². The molecule has 1 aliphatic rings. The lowest BCUT2D eigenvalue weighted by atomic mass is 10.1. The van der Waals surface area contributed by atoms with E-state index in [1.807, 2.05) is 18.2 Å². The maximum Gasteiger partial charge on any atom is 0.234 e. The summed E-state index contributed by atoms with van der Waals surface area (Å²) < 4.78 is 2.70. The number of rotatable bonds is 0. The molecule has 0 atom stereocenters. The van der Waals surface area contributed by atoms with E-state index >= 15 is 0 Å². The molecular formula is C8H6NOS. The van der Waals surface area contributed by atoms with Crippen LogP contribution in [0, 0.1) is 6.07 Å². The van der Waals surface area contributed by atoms with Gasteiger partial charge in [0.15, 0.2) is 0 Å². The summed E-state index contributed by atoms with van der Waals surface area (Å²) in [7, 11) is 0. The van der Waals surface area contributed by atoms with Crippen molar-refractivity contribution >= 4 is 17.9 Å². The fraction of sp³-hybridized carbons (Fsp3) is 0.125. The molecule has 1 amide bonds.